The van der Waals surface area contributed by atoms with E-state index in [9.17, 15) is 4.79 Å². The van der Waals surface area contributed by atoms with Crippen LogP contribution in [0.5, 0.6) is 0 Å². The van der Waals surface area contributed by atoms with Crippen LogP contribution in [0, 0.1) is 0 Å². The Morgan fingerprint density at radius 3 is 3.00 bits per heavy atom. The molecule has 0 aromatic heterocycles. The Hall–Kier alpha value is -1.07. The molecule has 0 amide bonds. The number of aldehydes is 1. The summed E-state index contributed by atoms with van der Waals surface area (Å²) in [6, 6.07) is 0. The second kappa shape index (κ2) is 6.45. The van der Waals surface area contributed by atoms with Crippen molar-refractivity contribution in [3.63, 3.8) is 0 Å². The van der Waals surface area contributed by atoms with Crippen LogP contribution in [0.4, 0.5) is 0 Å². The van der Waals surface area contributed by atoms with Crippen LogP contribution < -0.4 is 0 Å². The van der Waals surface area contributed by atoms with Crippen LogP contribution in [0.1, 0.15) is 38.5 Å². The van der Waals surface area contributed by atoms with E-state index in [0.717, 1.165) is 12.7 Å². The Balaban J connectivity index is 2.32. The van der Waals surface area contributed by atoms with Crippen LogP contribution in [-0.4, -0.2) is 6.29 Å². The van der Waals surface area contributed by atoms with Crippen LogP contribution in [0.25, 0.3) is 0 Å². The summed E-state index contributed by atoms with van der Waals surface area (Å²) in [6.07, 6.45) is 13.7. The predicted molar refractivity (Wildman–Crippen MR) is 54.5 cm³/mol. The summed E-state index contributed by atoms with van der Waals surface area (Å²) >= 11 is 0. The van der Waals surface area contributed by atoms with Crippen LogP contribution in [0.15, 0.2) is 29.5 Å². The van der Waals surface area contributed by atoms with Gasteiger partial charge in [-0.1, -0.05) is 6.08 Å². The molecule has 1 heteroatoms. The summed E-state index contributed by atoms with van der Waals surface area (Å²) in [6.45, 7) is 0. The Bertz CT molecular complexity index is 242. The molecule has 0 unspecified atom stereocenters. The number of unbranched alkanes of at least 4 members (excludes halogenated alkanes) is 1. The first-order chi connectivity index (χ1) is 6.43. The third-order valence-corrected chi connectivity index (χ3v) is 2.14. The van der Waals surface area contributed by atoms with Crippen LogP contribution in [-0.2, 0) is 4.79 Å². The number of allylic oxidation sites excluding steroid dienone is 3. The van der Waals surface area contributed by atoms with Gasteiger partial charge in [0.1, 0.15) is 6.29 Å². The lowest BCUT2D eigenvalue weighted by molar-refractivity contribution is -0.107. The first kappa shape index (κ1) is 10.0. The van der Waals surface area contributed by atoms with E-state index >= 15 is 0 Å². The van der Waals surface area contributed by atoms with Crippen molar-refractivity contribution < 1.29 is 4.79 Å². The molecule has 0 bridgehead atoms. The van der Waals surface area contributed by atoms with Gasteiger partial charge in [-0.2, -0.15) is 0 Å². The molecule has 0 spiro atoms. The van der Waals surface area contributed by atoms with Crippen molar-refractivity contribution in [2.75, 3.05) is 0 Å². The van der Waals surface area contributed by atoms with E-state index in [-0.39, 0.29) is 0 Å². The van der Waals surface area contributed by atoms with Gasteiger partial charge in [0, 0.05) is 6.42 Å². The van der Waals surface area contributed by atoms with Gasteiger partial charge in [0.05, 0.1) is 0 Å². The quantitative estimate of drug-likeness (QED) is 0.365. The molecule has 70 valence electrons. The molecule has 0 fully saturated rings. The number of hydrogen-bond acceptors (Lipinski definition) is 1. The highest BCUT2D eigenvalue weighted by molar-refractivity contribution is 5.49. The Labute approximate surface area is 79.8 Å². The SMILES string of the molecule is O=CCCC=C=CC1=CCCCC1. The zero-order chi connectivity index (χ0) is 9.36. The van der Waals surface area contributed by atoms with E-state index in [2.05, 4.69) is 11.8 Å². The smallest absolute Gasteiger partial charge is 0.120 e. The molecule has 0 aromatic carbocycles. The maximum absolute atomic E-state index is 10.0. The summed E-state index contributed by atoms with van der Waals surface area (Å²) in [7, 11) is 0. The fraction of sp³-hybridized carbons (Fsp3) is 0.500. The van der Waals surface area contributed by atoms with Crippen molar-refractivity contribution in [2.45, 2.75) is 38.5 Å². The van der Waals surface area contributed by atoms with Gasteiger partial charge in [0.25, 0.3) is 0 Å². The van der Waals surface area contributed by atoms with Gasteiger partial charge in [-0.3, -0.25) is 0 Å². The Morgan fingerprint density at radius 2 is 2.31 bits per heavy atom. The van der Waals surface area contributed by atoms with Gasteiger partial charge in [-0.05, 0) is 49.8 Å². The van der Waals surface area contributed by atoms with Crippen LogP contribution in [0.3, 0.4) is 0 Å². The van der Waals surface area contributed by atoms with Gasteiger partial charge < -0.3 is 4.79 Å². The minimum absolute atomic E-state index is 0.611. The van der Waals surface area contributed by atoms with E-state index in [0.29, 0.717) is 6.42 Å². The molecule has 0 radical (unpaired) electrons. The van der Waals surface area contributed by atoms with Gasteiger partial charge in [-0.15, -0.1) is 5.73 Å². The minimum atomic E-state index is 0.611. The van der Waals surface area contributed by atoms with E-state index in [1.807, 2.05) is 12.2 Å². The second-order valence-corrected chi connectivity index (χ2v) is 3.28. The molecule has 0 aromatic rings. The Kier molecular flexibility index (Phi) is 4.97. The zero-order valence-electron chi connectivity index (χ0n) is 7.96. The summed E-state index contributed by atoms with van der Waals surface area (Å²) in [5, 5.41) is 0. The lowest BCUT2D eigenvalue weighted by Crippen LogP contribution is -1.87. The molecule has 0 saturated carbocycles. The predicted octanol–water partition coefficient (Wildman–Crippen LogP) is 3.18. The van der Waals surface area contributed by atoms with Crippen molar-refractivity contribution in [3.8, 4) is 0 Å². The number of rotatable bonds is 4. The fourth-order valence-corrected chi connectivity index (χ4v) is 1.39. The summed E-state index contributed by atoms with van der Waals surface area (Å²) in [5.74, 6) is 0. The third-order valence-electron chi connectivity index (χ3n) is 2.14. The molecule has 0 aliphatic heterocycles. The van der Waals surface area contributed by atoms with Crippen molar-refractivity contribution >= 4 is 6.29 Å². The molecule has 13 heavy (non-hydrogen) atoms. The number of carbonyl (C=O) groups is 1. The van der Waals surface area contributed by atoms with Crippen molar-refractivity contribution in [1.29, 1.82) is 0 Å². The van der Waals surface area contributed by atoms with Crippen molar-refractivity contribution in [3.05, 3.63) is 29.5 Å². The molecule has 1 aliphatic rings. The lowest BCUT2D eigenvalue weighted by Gasteiger charge is -2.06. The number of carbonyl (C=O) groups excluding carboxylic acids is 1. The molecule has 1 nitrogen and oxygen atoms in total. The monoisotopic (exact) mass is 176 g/mol. The molecule has 0 heterocycles. The summed E-state index contributed by atoms with van der Waals surface area (Å²) in [5.41, 5.74) is 4.51. The van der Waals surface area contributed by atoms with Gasteiger partial charge >= 0.3 is 0 Å². The first-order valence-electron chi connectivity index (χ1n) is 4.97. The molecular formula is C12H16O. The highest BCUT2D eigenvalue weighted by atomic mass is 16.1. The summed E-state index contributed by atoms with van der Waals surface area (Å²) < 4.78 is 0. The highest BCUT2D eigenvalue weighted by Gasteiger charge is 1.98. The summed E-state index contributed by atoms with van der Waals surface area (Å²) in [4.78, 5) is 10.0. The molecule has 0 saturated heterocycles. The molecular weight excluding hydrogens is 160 g/mol. The Morgan fingerprint density at radius 1 is 1.38 bits per heavy atom. The maximum atomic E-state index is 10.0. The van der Waals surface area contributed by atoms with E-state index < -0.39 is 0 Å². The topological polar surface area (TPSA) is 17.1 Å². The lowest BCUT2D eigenvalue weighted by atomic mass is 10.00. The average molecular weight is 176 g/mol. The van der Waals surface area contributed by atoms with Crippen molar-refractivity contribution in [1.82, 2.24) is 0 Å². The standard InChI is InChI=1S/C12H16O/c13-11-7-2-1-4-8-12-9-5-3-6-10-12/h1,8-9,11H,2-3,5-7,10H2. The average Bonchev–Trinajstić information content (AvgIpc) is 2.19. The maximum Gasteiger partial charge on any atom is 0.120 e. The molecule has 0 atom stereocenters. The van der Waals surface area contributed by atoms with Gasteiger partial charge in [-0.25, -0.2) is 0 Å². The molecule has 1 rings (SSSR count). The normalized spacial score (nSPS) is 15.5. The van der Waals surface area contributed by atoms with Crippen LogP contribution >= 0.6 is 0 Å². The highest BCUT2D eigenvalue weighted by Crippen LogP contribution is 2.17. The van der Waals surface area contributed by atoms with E-state index in [1.54, 1.807) is 0 Å². The second-order valence-electron chi connectivity index (χ2n) is 3.28. The fourth-order valence-electron chi connectivity index (χ4n) is 1.39. The largest absolute Gasteiger partial charge is 0.303 e. The first-order valence-corrected chi connectivity index (χ1v) is 4.97. The third kappa shape index (κ3) is 4.49. The molecule has 0 N–H and O–H groups in total. The minimum Gasteiger partial charge on any atom is -0.303 e. The van der Waals surface area contributed by atoms with Crippen molar-refractivity contribution in [2.24, 2.45) is 0 Å². The van der Waals surface area contributed by atoms with Gasteiger partial charge in [0.2, 0.25) is 0 Å². The number of hydrogen-bond donors (Lipinski definition) is 0. The molecule has 1 aliphatic carbocycles. The van der Waals surface area contributed by atoms with Crippen LogP contribution in [0.2, 0.25) is 0 Å². The van der Waals surface area contributed by atoms with E-state index in [4.69, 9.17) is 0 Å². The zero-order valence-corrected chi connectivity index (χ0v) is 7.96. The van der Waals surface area contributed by atoms with Gasteiger partial charge in [0.15, 0.2) is 0 Å². The van der Waals surface area contributed by atoms with E-state index in [1.165, 1.54) is 31.3 Å².